The van der Waals surface area contributed by atoms with Gasteiger partial charge in [0, 0.05) is 25.4 Å². The van der Waals surface area contributed by atoms with E-state index in [-0.39, 0.29) is 21.6 Å². The predicted molar refractivity (Wildman–Crippen MR) is 80.1 cm³/mol. The standard InChI is InChI=1S/C13H14Cl2N4O/c1-19-7-8(6-18-19)2-3-17-13(20)9-4-10(14)12(16)11(15)5-9/h4-7H,2-3,16H2,1H3,(H,17,20). The highest BCUT2D eigenvalue weighted by molar-refractivity contribution is 6.39. The van der Waals surface area contributed by atoms with Crippen LogP contribution >= 0.6 is 23.2 Å². The van der Waals surface area contributed by atoms with E-state index in [1.165, 1.54) is 12.1 Å². The number of carbonyl (C=O) groups excluding carboxylic acids is 1. The number of rotatable bonds is 4. The molecule has 7 heteroatoms. The van der Waals surface area contributed by atoms with Gasteiger partial charge in [0.2, 0.25) is 0 Å². The molecule has 2 aromatic rings. The minimum Gasteiger partial charge on any atom is -0.396 e. The lowest BCUT2D eigenvalue weighted by molar-refractivity contribution is 0.0954. The number of nitrogens with two attached hydrogens (primary N) is 1. The van der Waals surface area contributed by atoms with Crippen LogP contribution < -0.4 is 11.1 Å². The average molecular weight is 313 g/mol. The van der Waals surface area contributed by atoms with Gasteiger partial charge >= 0.3 is 0 Å². The van der Waals surface area contributed by atoms with Crippen molar-refractivity contribution in [3.63, 3.8) is 0 Å². The molecule has 0 aliphatic carbocycles. The third-order valence-corrected chi connectivity index (χ3v) is 3.42. The molecule has 0 saturated carbocycles. The Labute approximate surface area is 126 Å². The molecule has 5 nitrogen and oxygen atoms in total. The van der Waals surface area contributed by atoms with Crippen molar-refractivity contribution in [1.29, 1.82) is 0 Å². The Morgan fingerprint density at radius 1 is 1.40 bits per heavy atom. The zero-order chi connectivity index (χ0) is 14.7. The second-order valence-electron chi connectivity index (χ2n) is 4.38. The van der Waals surface area contributed by atoms with Crippen molar-refractivity contribution in [2.75, 3.05) is 12.3 Å². The number of aryl methyl sites for hydroxylation is 1. The summed E-state index contributed by atoms with van der Waals surface area (Å²) < 4.78 is 1.72. The van der Waals surface area contributed by atoms with Crippen LogP contribution in [-0.2, 0) is 13.5 Å². The van der Waals surface area contributed by atoms with Gasteiger partial charge in [-0.2, -0.15) is 5.10 Å². The molecule has 1 amide bonds. The van der Waals surface area contributed by atoms with E-state index in [0.717, 1.165) is 5.56 Å². The molecular formula is C13H14Cl2N4O. The van der Waals surface area contributed by atoms with Gasteiger partial charge in [0.05, 0.1) is 21.9 Å². The van der Waals surface area contributed by atoms with Crippen LogP contribution in [0.15, 0.2) is 24.5 Å². The number of amides is 1. The molecule has 0 spiro atoms. The molecule has 0 saturated heterocycles. The Balaban J connectivity index is 1.95. The number of aromatic nitrogens is 2. The Bertz CT molecular complexity index is 616. The van der Waals surface area contributed by atoms with Gasteiger partial charge in [-0.1, -0.05) is 23.2 Å². The molecule has 2 rings (SSSR count). The van der Waals surface area contributed by atoms with Crippen LogP contribution in [0.1, 0.15) is 15.9 Å². The van der Waals surface area contributed by atoms with E-state index in [1.54, 1.807) is 10.9 Å². The van der Waals surface area contributed by atoms with Gasteiger partial charge in [-0.05, 0) is 24.1 Å². The van der Waals surface area contributed by atoms with Gasteiger partial charge in [0.15, 0.2) is 0 Å². The molecule has 0 bridgehead atoms. The van der Waals surface area contributed by atoms with Crippen LogP contribution in [-0.4, -0.2) is 22.2 Å². The maximum absolute atomic E-state index is 12.0. The minimum absolute atomic E-state index is 0.238. The van der Waals surface area contributed by atoms with Crippen LogP contribution in [0.5, 0.6) is 0 Å². The van der Waals surface area contributed by atoms with Crippen LogP contribution in [0.4, 0.5) is 5.69 Å². The number of hydrogen-bond donors (Lipinski definition) is 2. The van der Waals surface area contributed by atoms with E-state index in [2.05, 4.69) is 10.4 Å². The smallest absolute Gasteiger partial charge is 0.251 e. The minimum atomic E-state index is -0.238. The summed E-state index contributed by atoms with van der Waals surface area (Å²) in [5.74, 6) is -0.238. The van der Waals surface area contributed by atoms with Crippen molar-refractivity contribution in [3.8, 4) is 0 Å². The fourth-order valence-corrected chi connectivity index (χ4v) is 2.23. The SMILES string of the molecule is Cn1cc(CCNC(=O)c2cc(Cl)c(N)c(Cl)c2)cn1. The third-order valence-electron chi connectivity index (χ3n) is 2.80. The maximum atomic E-state index is 12.0. The second kappa shape index (κ2) is 6.15. The summed E-state index contributed by atoms with van der Waals surface area (Å²) in [5, 5.41) is 7.40. The lowest BCUT2D eigenvalue weighted by Crippen LogP contribution is -2.25. The number of benzene rings is 1. The summed E-state index contributed by atoms with van der Waals surface area (Å²) in [6.07, 6.45) is 4.38. The first kappa shape index (κ1) is 14.7. The topological polar surface area (TPSA) is 72.9 Å². The van der Waals surface area contributed by atoms with Gasteiger partial charge in [-0.25, -0.2) is 0 Å². The summed E-state index contributed by atoms with van der Waals surface area (Å²) in [5.41, 5.74) is 7.35. The Morgan fingerprint density at radius 2 is 2.05 bits per heavy atom. The lowest BCUT2D eigenvalue weighted by atomic mass is 10.2. The number of anilines is 1. The second-order valence-corrected chi connectivity index (χ2v) is 5.20. The largest absolute Gasteiger partial charge is 0.396 e. The van der Waals surface area contributed by atoms with Crippen molar-refractivity contribution < 1.29 is 4.79 Å². The van der Waals surface area contributed by atoms with Crippen LogP contribution in [0.3, 0.4) is 0 Å². The predicted octanol–water partition coefficient (Wildman–Crippen LogP) is 2.28. The lowest BCUT2D eigenvalue weighted by Gasteiger charge is -2.07. The molecule has 0 aliphatic rings. The summed E-state index contributed by atoms with van der Waals surface area (Å²) in [6.45, 7) is 0.504. The van der Waals surface area contributed by atoms with Gasteiger partial charge in [-0.15, -0.1) is 0 Å². The number of nitrogens with zero attached hydrogens (tertiary/aromatic N) is 2. The van der Waals surface area contributed by atoms with Gasteiger partial charge in [-0.3, -0.25) is 9.48 Å². The first-order chi connectivity index (χ1) is 9.47. The number of carbonyl (C=O) groups is 1. The van der Waals surface area contributed by atoms with E-state index in [9.17, 15) is 4.79 Å². The molecule has 1 heterocycles. The number of nitrogens with one attached hydrogen (secondary N) is 1. The average Bonchev–Trinajstić information content (AvgIpc) is 2.81. The molecule has 20 heavy (non-hydrogen) atoms. The Morgan fingerprint density at radius 3 is 2.60 bits per heavy atom. The van der Waals surface area contributed by atoms with Crippen LogP contribution in [0.25, 0.3) is 0 Å². The number of halogens is 2. The van der Waals surface area contributed by atoms with E-state index >= 15 is 0 Å². The molecular weight excluding hydrogens is 299 g/mol. The summed E-state index contributed by atoms with van der Waals surface area (Å²) in [7, 11) is 1.85. The van der Waals surface area contributed by atoms with Gasteiger partial charge in [0.25, 0.3) is 5.91 Å². The molecule has 0 aliphatic heterocycles. The first-order valence-electron chi connectivity index (χ1n) is 5.97. The van der Waals surface area contributed by atoms with Crippen molar-refractivity contribution >= 4 is 34.8 Å². The van der Waals surface area contributed by atoms with Crippen molar-refractivity contribution in [1.82, 2.24) is 15.1 Å². The maximum Gasteiger partial charge on any atom is 0.251 e. The van der Waals surface area contributed by atoms with Gasteiger partial charge < -0.3 is 11.1 Å². The van der Waals surface area contributed by atoms with E-state index in [1.807, 2.05) is 13.2 Å². The molecule has 0 atom stereocenters. The molecule has 1 aromatic carbocycles. The van der Waals surface area contributed by atoms with E-state index in [0.29, 0.717) is 18.5 Å². The highest BCUT2D eigenvalue weighted by atomic mass is 35.5. The monoisotopic (exact) mass is 312 g/mol. The third kappa shape index (κ3) is 3.43. The normalized spacial score (nSPS) is 10.6. The molecule has 3 N–H and O–H groups in total. The molecule has 0 fully saturated rings. The summed E-state index contributed by atoms with van der Waals surface area (Å²) in [4.78, 5) is 12.0. The molecule has 1 aromatic heterocycles. The number of hydrogen-bond acceptors (Lipinski definition) is 3. The number of nitrogen functional groups attached to an aromatic ring is 1. The Kier molecular flexibility index (Phi) is 4.52. The first-order valence-corrected chi connectivity index (χ1v) is 6.73. The molecule has 106 valence electrons. The quantitative estimate of drug-likeness (QED) is 0.851. The van der Waals surface area contributed by atoms with Crippen LogP contribution in [0.2, 0.25) is 10.0 Å². The fourth-order valence-electron chi connectivity index (χ4n) is 1.74. The fraction of sp³-hybridized carbons (Fsp3) is 0.231. The van der Waals surface area contributed by atoms with Crippen molar-refractivity contribution in [3.05, 3.63) is 45.7 Å². The highest BCUT2D eigenvalue weighted by Gasteiger charge is 2.11. The van der Waals surface area contributed by atoms with Gasteiger partial charge in [0.1, 0.15) is 0 Å². The zero-order valence-corrected chi connectivity index (χ0v) is 12.4. The van der Waals surface area contributed by atoms with Crippen LogP contribution in [0, 0.1) is 0 Å². The summed E-state index contributed by atoms with van der Waals surface area (Å²) in [6, 6.07) is 3.00. The van der Waals surface area contributed by atoms with E-state index in [4.69, 9.17) is 28.9 Å². The molecule has 0 radical (unpaired) electrons. The zero-order valence-electron chi connectivity index (χ0n) is 10.9. The van der Waals surface area contributed by atoms with E-state index < -0.39 is 0 Å². The highest BCUT2D eigenvalue weighted by Crippen LogP contribution is 2.28. The summed E-state index contributed by atoms with van der Waals surface area (Å²) >= 11 is 11.8. The van der Waals surface area contributed by atoms with Crippen molar-refractivity contribution in [2.45, 2.75) is 6.42 Å². The Hall–Kier alpha value is -1.72. The molecule has 0 unspecified atom stereocenters. The van der Waals surface area contributed by atoms with Crippen molar-refractivity contribution in [2.24, 2.45) is 7.05 Å².